The number of benzene rings is 3. The molecule has 0 radical (unpaired) electrons. The maximum absolute atomic E-state index is 16.8. The van der Waals surface area contributed by atoms with Crippen molar-refractivity contribution >= 4 is 56.6 Å². The van der Waals surface area contributed by atoms with E-state index in [0.717, 1.165) is 0 Å². The summed E-state index contributed by atoms with van der Waals surface area (Å²) in [6, 6.07) is 11.4. The average molecular weight is 642 g/mol. The molecule has 6 rings (SSSR count). The summed E-state index contributed by atoms with van der Waals surface area (Å²) in [5, 5.41) is 7.90. The van der Waals surface area contributed by atoms with Gasteiger partial charge >= 0.3 is 6.18 Å². The number of nitroso groups, excluding NO2 is 1. The van der Waals surface area contributed by atoms with Gasteiger partial charge in [-0.25, -0.2) is 9.37 Å². The van der Waals surface area contributed by atoms with Crippen molar-refractivity contribution in [2.45, 2.75) is 18.6 Å². The summed E-state index contributed by atoms with van der Waals surface area (Å²) < 4.78 is 55.7. The predicted molar refractivity (Wildman–Crippen MR) is 166 cm³/mol. The molecule has 14 heteroatoms. The first-order valence-electron chi connectivity index (χ1n) is 14.3. The highest BCUT2D eigenvalue weighted by atomic mass is 35.5. The van der Waals surface area contributed by atoms with Gasteiger partial charge in [0.2, 0.25) is 11.9 Å². The molecule has 1 aromatic heterocycles. The number of amides is 1. The van der Waals surface area contributed by atoms with Crippen molar-refractivity contribution in [2.24, 2.45) is 5.18 Å². The van der Waals surface area contributed by atoms with Gasteiger partial charge in [0.05, 0.1) is 11.6 Å². The van der Waals surface area contributed by atoms with Crippen molar-refractivity contribution in [1.82, 2.24) is 19.8 Å². The molecule has 0 spiro atoms. The minimum Gasteiger partial charge on any atom is -0.352 e. The Morgan fingerprint density at radius 1 is 1.09 bits per heavy atom. The van der Waals surface area contributed by atoms with E-state index in [9.17, 15) is 22.9 Å². The van der Waals surface area contributed by atoms with E-state index in [1.165, 1.54) is 17.0 Å². The Kier molecular flexibility index (Phi) is 8.31. The van der Waals surface area contributed by atoms with E-state index in [1.54, 1.807) is 41.3 Å². The molecule has 2 aliphatic heterocycles. The second kappa shape index (κ2) is 12.2. The highest BCUT2D eigenvalue weighted by Gasteiger charge is 2.35. The van der Waals surface area contributed by atoms with Crippen LogP contribution < -0.4 is 10.2 Å². The summed E-state index contributed by atoms with van der Waals surface area (Å²) in [5.41, 5.74) is 0.434. The largest absolute Gasteiger partial charge is 0.401 e. The van der Waals surface area contributed by atoms with Gasteiger partial charge in [-0.15, -0.1) is 4.91 Å². The standard InChI is InChI=1S/C31H28ClF4N7O2/c1-2-25(44)42-9-11-43(12-10-42)29-23-15-24(32)26(22-14-20(40-45)13-18-5-3-4-6-21(18)22)27(33)28(23)38-30(39-29)37-19-7-8-41(16-19)17-31(34,35)36/h2-6,13-15,19H,1,7-12,16-17H2,(H,37,38,39). The summed E-state index contributed by atoms with van der Waals surface area (Å²) in [7, 11) is 0. The van der Waals surface area contributed by atoms with Crippen molar-refractivity contribution in [2.75, 3.05) is 56.0 Å². The van der Waals surface area contributed by atoms with Crippen LogP contribution in [0.15, 0.2) is 60.3 Å². The molecule has 3 heterocycles. The lowest BCUT2D eigenvalue weighted by atomic mass is 9.96. The van der Waals surface area contributed by atoms with Crippen LogP contribution >= 0.6 is 11.6 Å². The van der Waals surface area contributed by atoms with E-state index in [0.29, 0.717) is 60.1 Å². The number of halogens is 5. The average Bonchev–Trinajstić information content (AvgIpc) is 3.45. The maximum atomic E-state index is 16.8. The third-order valence-corrected chi connectivity index (χ3v) is 8.46. The van der Waals surface area contributed by atoms with Gasteiger partial charge in [0.1, 0.15) is 17.0 Å². The van der Waals surface area contributed by atoms with Crippen molar-refractivity contribution in [1.29, 1.82) is 0 Å². The number of fused-ring (bicyclic) bond motifs is 2. The highest BCUT2D eigenvalue weighted by Crippen LogP contribution is 2.42. The van der Waals surface area contributed by atoms with Crippen LogP contribution in [0.5, 0.6) is 0 Å². The zero-order chi connectivity index (χ0) is 31.9. The molecular weight excluding hydrogens is 614 g/mol. The first-order valence-corrected chi connectivity index (χ1v) is 14.7. The van der Waals surface area contributed by atoms with Gasteiger partial charge in [0, 0.05) is 56.3 Å². The lowest BCUT2D eigenvalue weighted by Crippen LogP contribution is -2.48. The van der Waals surface area contributed by atoms with Crippen LogP contribution in [-0.4, -0.2) is 83.7 Å². The number of carbonyl (C=O) groups excluding carboxylic acids is 1. The number of piperazine rings is 1. The monoisotopic (exact) mass is 641 g/mol. The predicted octanol–water partition coefficient (Wildman–Crippen LogP) is 6.52. The fourth-order valence-corrected chi connectivity index (χ4v) is 6.38. The minimum absolute atomic E-state index is 0.0279. The van der Waals surface area contributed by atoms with Crippen LogP contribution in [0.4, 0.5) is 35.0 Å². The van der Waals surface area contributed by atoms with Gasteiger partial charge in [0.15, 0.2) is 5.82 Å². The second-order valence-corrected chi connectivity index (χ2v) is 11.5. The summed E-state index contributed by atoms with van der Waals surface area (Å²) in [4.78, 5) is 37.7. The SMILES string of the molecule is C=CC(=O)N1CCN(c2nc(NC3CCN(CC(F)(F)F)C3)nc3c(F)c(-c4cc(N=O)cc5ccccc45)c(Cl)cc23)CC1. The molecule has 0 saturated carbocycles. The number of alkyl halides is 3. The molecule has 1 unspecified atom stereocenters. The third-order valence-electron chi connectivity index (χ3n) is 8.16. The Labute approximate surface area is 260 Å². The molecule has 1 N–H and O–H groups in total. The molecule has 3 aromatic carbocycles. The van der Waals surface area contributed by atoms with Crippen LogP contribution in [-0.2, 0) is 4.79 Å². The molecule has 2 fully saturated rings. The Morgan fingerprint density at radius 2 is 1.84 bits per heavy atom. The van der Waals surface area contributed by atoms with Gasteiger partial charge in [-0.1, -0.05) is 42.4 Å². The topological polar surface area (TPSA) is 94.0 Å². The lowest BCUT2D eigenvalue weighted by molar-refractivity contribution is -0.143. The summed E-state index contributed by atoms with van der Waals surface area (Å²) in [5.74, 6) is -0.518. The van der Waals surface area contributed by atoms with E-state index in [-0.39, 0.29) is 46.7 Å². The Balaban J connectivity index is 1.45. The number of hydrogen-bond donors (Lipinski definition) is 1. The van der Waals surface area contributed by atoms with Gasteiger partial charge in [0.25, 0.3) is 0 Å². The highest BCUT2D eigenvalue weighted by molar-refractivity contribution is 6.35. The first kappa shape index (κ1) is 30.7. The lowest BCUT2D eigenvalue weighted by Gasteiger charge is -2.35. The van der Waals surface area contributed by atoms with E-state index < -0.39 is 24.6 Å². The number of anilines is 2. The molecule has 1 amide bonds. The molecule has 4 aromatic rings. The van der Waals surface area contributed by atoms with Crippen molar-refractivity contribution in [3.05, 3.63) is 70.9 Å². The number of aromatic nitrogens is 2. The molecule has 234 valence electrons. The molecule has 0 bridgehead atoms. The summed E-state index contributed by atoms with van der Waals surface area (Å²) >= 11 is 6.78. The number of carbonyl (C=O) groups is 1. The quantitative estimate of drug-likeness (QED) is 0.139. The minimum atomic E-state index is -4.32. The Morgan fingerprint density at radius 3 is 2.56 bits per heavy atom. The molecule has 2 saturated heterocycles. The molecule has 1 atom stereocenters. The number of rotatable bonds is 7. The fourth-order valence-electron chi connectivity index (χ4n) is 6.08. The van der Waals surface area contributed by atoms with E-state index >= 15 is 4.39 Å². The van der Waals surface area contributed by atoms with Gasteiger partial charge in [-0.2, -0.15) is 18.2 Å². The molecule has 45 heavy (non-hydrogen) atoms. The van der Waals surface area contributed by atoms with E-state index in [4.69, 9.17) is 16.6 Å². The Bertz CT molecular complexity index is 1810. The number of nitrogens with one attached hydrogen (secondary N) is 1. The summed E-state index contributed by atoms with van der Waals surface area (Å²) in [6.07, 6.45) is -2.66. The van der Waals surface area contributed by atoms with Gasteiger partial charge in [-0.3, -0.25) is 9.69 Å². The van der Waals surface area contributed by atoms with E-state index in [1.807, 2.05) is 4.90 Å². The normalized spacial score (nSPS) is 17.7. The van der Waals surface area contributed by atoms with Gasteiger partial charge in [-0.05, 0) is 52.2 Å². The smallest absolute Gasteiger partial charge is 0.352 e. The van der Waals surface area contributed by atoms with Crippen LogP contribution in [0.3, 0.4) is 0 Å². The van der Waals surface area contributed by atoms with Crippen LogP contribution in [0.1, 0.15) is 6.42 Å². The van der Waals surface area contributed by atoms with Crippen LogP contribution in [0, 0.1) is 10.7 Å². The number of likely N-dealkylation sites (tertiary alicyclic amines) is 1. The zero-order valence-corrected chi connectivity index (χ0v) is 24.7. The van der Waals surface area contributed by atoms with Crippen LogP contribution in [0.2, 0.25) is 5.02 Å². The van der Waals surface area contributed by atoms with E-state index in [2.05, 4.69) is 22.1 Å². The van der Waals surface area contributed by atoms with Crippen molar-refractivity contribution in [3.63, 3.8) is 0 Å². The first-order chi connectivity index (χ1) is 21.5. The number of nitrogens with zero attached hydrogens (tertiary/aromatic N) is 6. The van der Waals surface area contributed by atoms with Crippen LogP contribution in [0.25, 0.3) is 32.8 Å². The van der Waals surface area contributed by atoms with Crippen molar-refractivity contribution in [3.8, 4) is 11.1 Å². The molecular formula is C31H28ClF4N7O2. The number of hydrogen-bond acceptors (Lipinski definition) is 8. The van der Waals surface area contributed by atoms with Crippen molar-refractivity contribution < 1.29 is 22.4 Å². The third kappa shape index (κ3) is 6.27. The maximum Gasteiger partial charge on any atom is 0.401 e. The fraction of sp³-hybridized carbons (Fsp3) is 0.323. The molecule has 0 aliphatic carbocycles. The molecule has 2 aliphatic rings. The second-order valence-electron chi connectivity index (χ2n) is 11.1. The zero-order valence-electron chi connectivity index (χ0n) is 23.9. The Hall–Kier alpha value is -4.36. The molecule has 9 nitrogen and oxygen atoms in total. The van der Waals surface area contributed by atoms with Gasteiger partial charge < -0.3 is 15.1 Å². The summed E-state index contributed by atoms with van der Waals surface area (Å²) in [6.45, 7) is 4.38.